The van der Waals surface area contributed by atoms with Crippen molar-refractivity contribution in [2.45, 2.75) is 32.4 Å². The van der Waals surface area contributed by atoms with Crippen molar-refractivity contribution in [2.75, 3.05) is 25.0 Å². The fourth-order valence-electron chi connectivity index (χ4n) is 4.23. The van der Waals surface area contributed by atoms with E-state index >= 15 is 0 Å². The highest BCUT2D eigenvalue weighted by atomic mass is 16.3. The summed E-state index contributed by atoms with van der Waals surface area (Å²) in [4.78, 5) is 21.3. The van der Waals surface area contributed by atoms with E-state index in [9.17, 15) is 9.90 Å². The van der Waals surface area contributed by atoms with Crippen molar-refractivity contribution in [2.24, 2.45) is 5.92 Å². The highest BCUT2D eigenvalue weighted by molar-refractivity contribution is 5.95. The van der Waals surface area contributed by atoms with E-state index in [-0.39, 0.29) is 11.8 Å². The van der Waals surface area contributed by atoms with Crippen LogP contribution in [0.1, 0.15) is 26.2 Å². The number of anilines is 1. The van der Waals surface area contributed by atoms with Crippen molar-refractivity contribution in [3.8, 4) is 11.1 Å². The average Bonchev–Trinajstić information content (AvgIpc) is 2.82. The van der Waals surface area contributed by atoms with E-state index in [1.807, 2.05) is 38.4 Å². The Morgan fingerprint density at radius 3 is 2.53 bits per heavy atom. The van der Waals surface area contributed by atoms with Gasteiger partial charge in [-0.15, -0.1) is 0 Å². The number of aromatic nitrogens is 1. The second-order valence-electron chi connectivity index (χ2n) is 8.05. The summed E-state index contributed by atoms with van der Waals surface area (Å²) in [6.07, 6.45) is 3.73. The van der Waals surface area contributed by atoms with E-state index in [4.69, 9.17) is 0 Å². The molecule has 1 saturated heterocycles. The van der Waals surface area contributed by atoms with Crippen molar-refractivity contribution in [3.05, 3.63) is 60.8 Å². The van der Waals surface area contributed by atoms with Gasteiger partial charge in [0.05, 0.1) is 5.52 Å². The number of rotatable bonds is 5. The zero-order valence-electron chi connectivity index (χ0n) is 17.7. The van der Waals surface area contributed by atoms with Crippen molar-refractivity contribution < 1.29 is 9.90 Å². The van der Waals surface area contributed by atoms with Crippen LogP contribution in [0.3, 0.4) is 0 Å². The number of carbonyl (C=O) groups excluding carboxylic acids is 1. The number of aliphatic hydroxyl groups is 1. The van der Waals surface area contributed by atoms with Gasteiger partial charge in [0, 0.05) is 43.3 Å². The Balaban J connectivity index is 1.43. The lowest BCUT2D eigenvalue weighted by atomic mass is 9.94. The van der Waals surface area contributed by atoms with E-state index in [1.165, 1.54) is 0 Å². The number of aliphatic hydroxyl groups excluding tert-OH is 1. The molecule has 5 nitrogen and oxygen atoms in total. The molecule has 30 heavy (non-hydrogen) atoms. The van der Waals surface area contributed by atoms with E-state index in [0.29, 0.717) is 0 Å². The van der Waals surface area contributed by atoms with Crippen LogP contribution < -0.4 is 4.90 Å². The van der Waals surface area contributed by atoms with E-state index in [0.717, 1.165) is 60.1 Å². The minimum absolute atomic E-state index is 0.0153. The first-order valence-electron chi connectivity index (χ1n) is 10.7. The minimum Gasteiger partial charge on any atom is -0.378 e. The lowest BCUT2D eigenvalue weighted by Crippen LogP contribution is -2.45. The molecule has 1 atom stereocenters. The van der Waals surface area contributed by atoms with Gasteiger partial charge in [-0.2, -0.15) is 0 Å². The highest BCUT2D eigenvalue weighted by Gasteiger charge is 2.29. The zero-order valence-corrected chi connectivity index (χ0v) is 17.7. The number of pyridine rings is 1. The van der Waals surface area contributed by atoms with Gasteiger partial charge in [-0.3, -0.25) is 14.7 Å². The van der Waals surface area contributed by atoms with Gasteiger partial charge in [0.1, 0.15) is 6.23 Å². The maximum Gasteiger partial charge on any atom is 0.229 e. The SMILES string of the molecule is CCC(O)N1CCC(C(=O)N(C)c2ccc(-c3ccc4cccnc4c3)cc2)CC1. The summed E-state index contributed by atoms with van der Waals surface area (Å²) in [5.41, 5.74) is 4.10. The first kappa shape index (κ1) is 20.5. The van der Waals surface area contributed by atoms with Crippen molar-refractivity contribution >= 4 is 22.5 Å². The third kappa shape index (κ3) is 4.23. The monoisotopic (exact) mass is 403 g/mol. The third-order valence-corrected chi connectivity index (χ3v) is 6.19. The number of amides is 1. The van der Waals surface area contributed by atoms with Crippen LogP contribution in [0, 0.1) is 5.92 Å². The molecular formula is C25H29N3O2. The summed E-state index contributed by atoms with van der Waals surface area (Å²) in [5.74, 6) is 0.171. The molecule has 0 radical (unpaired) electrons. The van der Waals surface area contributed by atoms with Crippen LogP contribution in [0.25, 0.3) is 22.0 Å². The predicted molar refractivity (Wildman–Crippen MR) is 121 cm³/mol. The van der Waals surface area contributed by atoms with Crippen LogP contribution in [0.5, 0.6) is 0 Å². The van der Waals surface area contributed by atoms with Crippen molar-refractivity contribution in [1.29, 1.82) is 0 Å². The van der Waals surface area contributed by atoms with E-state index < -0.39 is 6.23 Å². The van der Waals surface area contributed by atoms with Crippen LogP contribution in [-0.4, -0.2) is 47.3 Å². The lowest BCUT2D eigenvalue weighted by Gasteiger charge is -2.35. The minimum atomic E-state index is -0.392. The molecule has 1 amide bonds. The summed E-state index contributed by atoms with van der Waals surface area (Å²) < 4.78 is 0. The normalized spacial score (nSPS) is 16.5. The molecule has 1 aromatic heterocycles. The second kappa shape index (κ2) is 8.94. The van der Waals surface area contributed by atoms with Gasteiger partial charge in [0.15, 0.2) is 0 Å². The summed E-state index contributed by atoms with van der Waals surface area (Å²) in [6, 6.07) is 18.4. The first-order valence-corrected chi connectivity index (χ1v) is 10.7. The Labute approximate surface area is 178 Å². The van der Waals surface area contributed by atoms with Gasteiger partial charge in [-0.05, 0) is 54.7 Å². The van der Waals surface area contributed by atoms with Crippen LogP contribution in [0.4, 0.5) is 5.69 Å². The molecule has 0 aliphatic carbocycles. The number of piperidine rings is 1. The predicted octanol–water partition coefficient (Wildman–Crippen LogP) is 4.31. The summed E-state index contributed by atoms with van der Waals surface area (Å²) in [7, 11) is 1.85. The molecular weight excluding hydrogens is 374 g/mol. The quantitative estimate of drug-likeness (QED) is 0.690. The number of fused-ring (bicyclic) bond motifs is 1. The molecule has 1 N–H and O–H groups in total. The smallest absolute Gasteiger partial charge is 0.229 e. The summed E-state index contributed by atoms with van der Waals surface area (Å²) in [6.45, 7) is 3.52. The number of carbonyl (C=O) groups is 1. The number of hydrogen-bond acceptors (Lipinski definition) is 4. The lowest BCUT2D eigenvalue weighted by molar-refractivity contribution is -0.124. The zero-order chi connectivity index (χ0) is 21.1. The molecule has 1 aliphatic rings. The van der Waals surface area contributed by atoms with Gasteiger partial charge in [-0.1, -0.05) is 37.3 Å². The molecule has 1 fully saturated rings. The molecule has 1 aliphatic heterocycles. The standard InChI is InChI=1S/C25H29N3O2/c1-3-24(29)28-15-12-20(13-16-28)25(30)27(2)22-10-8-18(9-11-22)21-7-6-19-5-4-14-26-23(19)17-21/h4-11,14,17,20,24,29H,3,12-13,15-16H2,1-2H3. The van der Waals surface area contributed by atoms with Gasteiger partial charge in [-0.25, -0.2) is 0 Å². The van der Waals surface area contributed by atoms with Crippen LogP contribution in [0.15, 0.2) is 60.8 Å². The number of likely N-dealkylation sites (tertiary alicyclic amines) is 1. The summed E-state index contributed by atoms with van der Waals surface area (Å²) in [5, 5.41) is 11.1. The van der Waals surface area contributed by atoms with E-state index in [1.54, 1.807) is 4.90 Å². The van der Waals surface area contributed by atoms with Gasteiger partial charge < -0.3 is 10.0 Å². The highest BCUT2D eigenvalue weighted by Crippen LogP contribution is 2.27. The topological polar surface area (TPSA) is 56.7 Å². The van der Waals surface area contributed by atoms with Gasteiger partial charge >= 0.3 is 0 Å². The third-order valence-electron chi connectivity index (χ3n) is 6.19. The molecule has 2 heterocycles. The van der Waals surface area contributed by atoms with Gasteiger partial charge in [0.25, 0.3) is 0 Å². The Morgan fingerprint density at radius 1 is 1.13 bits per heavy atom. The summed E-state index contributed by atoms with van der Waals surface area (Å²) >= 11 is 0. The molecule has 3 aromatic rings. The maximum atomic E-state index is 13.0. The van der Waals surface area contributed by atoms with Crippen LogP contribution in [0.2, 0.25) is 0 Å². The Hall–Kier alpha value is -2.76. The van der Waals surface area contributed by atoms with E-state index in [2.05, 4.69) is 46.3 Å². The average molecular weight is 404 g/mol. The fourth-order valence-corrected chi connectivity index (χ4v) is 4.23. The molecule has 0 saturated carbocycles. The number of benzene rings is 2. The van der Waals surface area contributed by atoms with Crippen molar-refractivity contribution in [3.63, 3.8) is 0 Å². The number of hydrogen-bond donors (Lipinski definition) is 1. The van der Waals surface area contributed by atoms with Crippen LogP contribution >= 0.6 is 0 Å². The maximum absolute atomic E-state index is 13.0. The largest absolute Gasteiger partial charge is 0.378 e. The second-order valence-corrected chi connectivity index (χ2v) is 8.05. The Kier molecular flexibility index (Phi) is 6.11. The first-order chi connectivity index (χ1) is 14.6. The Morgan fingerprint density at radius 2 is 1.83 bits per heavy atom. The molecule has 0 spiro atoms. The molecule has 156 valence electrons. The molecule has 0 bridgehead atoms. The number of nitrogens with zero attached hydrogens (tertiary/aromatic N) is 3. The molecule has 5 heteroatoms. The van der Waals surface area contributed by atoms with Crippen molar-refractivity contribution in [1.82, 2.24) is 9.88 Å². The van der Waals surface area contributed by atoms with Gasteiger partial charge in [0.2, 0.25) is 5.91 Å². The molecule has 4 rings (SSSR count). The molecule has 1 unspecified atom stereocenters. The Bertz CT molecular complexity index is 1010. The molecule has 2 aromatic carbocycles. The fraction of sp³-hybridized carbons (Fsp3) is 0.360. The van der Waals surface area contributed by atoms with Crippen LogP contribution in [-0.2, 0) is 4.79 Å².